The minimum absolute atomic E-state index is 0.00796. The number of benzene rings is 3. The van der Waals surface area contributed by atoms with E-state index in [-0.39, 0.29) is 16.8 Å². The zero-order valence-electron chi connectivity index (χ0n) is 28.6. The van der Waals surface area contributed by atoms with Crippen LogP contribution in [0, 0.1) is 11.7 Å². The Bertz CT molecular complexity index is 1980. The van der Waals surface area contributed by atoms with Crippen LogP contribution >= 0.6 is 0 Å². The Hall–Kier alpha value is -3.59. The lowest BCUT2D eigenvalue weighted by molar-refractivity contribution is -0.737. The quantitative estimate of drug-likeness (QED) is 0.166. The van der Waals surface area contributed by atoms with Crippen molar-refractivity contribution >= 4 is 16.5 Å². The van der Waals surface area contributed by atoms with Gasteiger partial charge in [0.1, 0.15) is 12.9 Å². The summed E-state index contributed by atoms with van der Waals surface area (Å²) in [6.45, 7) is 11.6. The number of halogens is 1. The van der Waals surface area contributed by atoms with Crippen LogP contribution in [0.4, 0.5) is 4.39 Å². The molecule has 3 aromatic carbocycles. The topological polar surface area (TPSA) is 6.89 Å². The summed E-state index contributed by atoms with van der Waals surface area (Å²) in [5.74, 6) is 0.423. The van der Waals surface area contributed by atoms with Crippen molar-refractivity contribution in [2.45, 2.75) is 109 Å². The molecule has 0 bridgehead atoms. The lowest BCUT2D eigenvalue weighted by Gasteiger charge is -2.39. The Balaban J connectivity index is 1.32. The van der Waals surface area contributed by atoms with Gasteiger partial charge in [-0.05, 0) is 84.4 Å². The van der Waals surface area contributed by atoms with Crippen LogP contribution in [0.2, 0.25) is 0 Å². The molecule has 2 aliphatic carbocycles. The van der Waals surface area contributed by atoms with Gasteiger partial charge in [0.25, 0.3) is 0 Å². The smallest absolute Gasteiger partial charge is 0.207 e. The highest BCUT2D eigenvalue weighted by Gasteiger charge is 2.84. The largest absolute Gasteiger partial charge is 0.221 e. The molecule has 0 N–H and O–H groups in total. The van der Waals surface area contributed by atoms with E-state index in [2.05, 4.69) is 118 Å². The average molecular weight is 613 g/mol. The summed E-state index contributed by atoms with van der Waals surface area (Å²) in [6, 6.07) is 20.3. The fraction of sp³-hybridized carbons (Fsp3) is 0.442. The van der Waals surface area contributed by atoms with E-state index in [0.29, 0.717) is 5.92 Å². The minimum Gasteiger partial charge on any atom is -0.207 e. The van der Waals surface area contributed by atoms with Gasteiger partial charge in [0, 0.05) is 41.4 Å². The monoisotopic (exact) mass is 612 g/mol. The lowest BCUT2D eigenvalue weighted by Crippen LogP contribution is -2.56. The maximum atomic E-state index is 16.3. The first-order chi connectivity index (χ1) is 22.3. The van der Waals surface area contributed by atoms with Crippen LogP contribution in [0.1, 0.15) is 113 Å². The molecule has 236 valence electrons. The molecule has 0 spiro atoms. The summed E-state index contributed by atoms with van der Waals surface area (Å²) >= 11 is 0. The SMILES string of the molecule is CCCCc1cc2c3c4[n+](ccc3c1)C1(CC)C(CCc3ccccc3C3=[N+](C)C=CCC3)C1(CC)c1ccc(F)c(c1-4)C2(C)C. The number of unbranched alkanes of at least 4 members (excludes halogenated alkanes) is 1. The summed E-state index contributed by atoms with van der Waals surface area (Å²) in [5.41, 5.74) is 11.3. The Kier molecular flexibility index (Phi) is 6.77. The second kappa shape index (κ2) is 10.5. The van der Waals surface area contributed by atoms with Gasteiger partial charge in [-0.15, -0.1) is 0 Å². The zero-order chi connectivity index (χ0) is 32.0. The van der Waals surface area contributed by atoms with Crippen LogP contribution in [-0.4, -0.2) is 17.3 Å². The van der Waals surface area contributed by atoms with Gasteiger partial charge >= 0.3 is 0 Å². The third kappa shape index (κ3) is 3.69. The van der Waals surface area contributed by atoms with Crippen LogP contribution in [0.5, 0.6) is 0 Å². The molecule has 2 aliphatic heterocycles. The number of aryl methyl sites for hydroxylation is 2. The third-order valence-corrected chi connectivity index (χ3v) is 12.8. The number of pyridine rings is 1. The van der Waals surface area contributed by atoms with Crippen LogP contribution in [0.3, 0.4) is 0 Å². The summed E-state index contributed by atoms with van der Waals surface area (Å²) in [5, 5.41) is 2.67. The van der Waals surface area contributed by atoms with E-state index in [1.807, 2.05) is 6.07 Å². The van der Waals surface area contributed by atoms with Gasteiger partial charge in [0.15, 0.2) is 23.6 Å². The van der Waals surface area contributed by atoms with Crippen molar-refractivity contribution in [3.63, 3.8) is 0 Å². The van der Waals surface area contributed by atoms with Crippen LogP contribution in [0.15, 0.2) is 73.1 Å². The normalized spacial score (nSPS) is 24.8. The van der Waals surface area contributed by atoms with Crippen molar-refractivity contribution in [1.82, 2.24) is 0 Å². The van der Waals surface area contributed by atoms with E-state index < -0.39 is 5.41 Å². The highest BCUT2D eigenvalue weighted by atomic mass is 19.1. The van der Waals surface area contributed by atoms with Gasteiger partial charge in [0.2, 0.25) is 5.69 Å². The average Bonchev–Trinajstić information content (AvgIpc) is 3.68. The van der Waals surface area contributed by atoms with E-state index in [1.54, 1.807) is 0 Å². The Labute approximate surface area is 274 Å². The molecule has 2 nitrogen and oxygen atoms in total. The van der Waals surface area contributed by atoms with E-state index in [1.165, 1.54) is 68.4 Å². The minimum atomic E-state index is -0.412. The summed E-state index contributed by atoms with van der Waals surface area (Å²) in [4.78, 5) is 0. The fourth-order valence-corrected chi connectivity index (χ4v) is 10.8. The molecule has 3 unspecified atom stereocenters. The van der Waals surface area contributed by atoms with Gasteiger partial charge in [0.05, 0.1) is 16.4 Å². The van der Waals surface area contributed by atoms with Crippen molar-refractivity contribution in [1.29, 1.82) is 0 Å². The third-order valence-electron chi connectivity index (χ3n) is 12.8. The van der Waals surface area contributed by atoms with Crippen molar-refractivity contribution in [3.05, 3.63) is 112 Å². The lowest BCUT2D eigenvalue weighted by atomic mass is 9.65. The highest BCUT2D eigenvalue weighted by molar-refractivity contribution is 6.02. The van der Waals surface area contributed by atoms with E-state index >= 15 is 4.39 Å². The maximum Gasteiger partial charge on any atom is 0.221 e. The van der Waals surface area contributed by atoms with Crippen molar-refractivity contribution < 1.29 is 13.5 Å². The van der Waals surface area contributed by atoms with Gasteiger partial charge in [-0.3, -0.25) is 0 Å². The first-order valence-electron chi connectivity index (χ1n) is 18.0. The van der Waals surface area contributed by atoms with E-state index in [9.17, 15) is 0 Å². The van der Waals surface area contributed by atoms with E-state index in [0.717, 1.165) is 50.5 Å². The molecular weight excluding hydrogens is 563 g/mol. The predicted molar refractivity (Wildman–Crippen MR) is 187 cm³/mol. The number of hydrogen-bond donors (Lipinski definition) is 0. The molecule has 3 heterocycles. The number of hydrogen-bond acceptors (Lipinski definition) is 0. The second-order valence-electron chi connectivity index (χ2n) is 15.0. The molecule has 4 aromatic rings. The first-order valence-corrected chi connectivity index (χ1v) is 18.0. The van der Waals surface area contributed by atoms with Gasteiger partial charge < -0.3 is 0 Å². The molecule has 4 aliphatic rings. The predicted octanol–water partition coefficient (Wildman–Crippen LogP) is 9.68. The maximum absolute atomic E-state index is 16.3. The Morgan fingerprint density at radius 3 is 2.52 bits per heavy atom. The summed E-state index contributed by atoms with van der Waals surface area (Å²) in [7, 11) is 2.19. The molecule has 0 radical (unpaired) electrons. The molecule has 0 saturated heterocycles. The van der Waals surface area contributed by atoms with Crippen LogP contribution in [0.25, 0.3) is 22.0 Å². The second-order valence-corrected chi connectivity index (χ2v) is 15.0. The number of allylic oxidation sites excluding steroid dienone is 1. The standard InChI is InChI=1S/C43H49FN2/c1-7-10-15-28-26-30-23-25-46-40-37(30)33(27-28)41(4,5)39-34(44)21-20-32(38(39)40)42(8-2)36(43(42,46)9-3)22-19-29-16-11-12-17-31(29)35-18-13-14-24-45(35)6/h11-12,14,16-17,20-21,23-27,36H,7-10,13,15,18-19,22H2,1-6H3/q+2. The Morgan fingerprint density at radius 1 is 0.935 bits per heavy atom. The summed E-state index contributed by atoms with van der Waals surface area (Å²) in [6.07, 6.45) is 16.8. The molecule has 0 amide bonds. The first kappa shape index (κ1) is 29.8. The zero-order valence-corrected chi connectivity index (χ0v) is 28.6. The van der Waals surface area contributed by atoms with E-state index in [4.69, 9.17) is 0 Å². The molecule has 8 rings (SSSR count). The number of nitrogens with zero attached hydrogens (tertiary/aromatic N) is 2. The molecule has 3 atom stereocenters. The fourth-order valence-electron chi connectivity index (χ4n) is 10.8. The van der Waals surface area contributed by atoms with Gasteiger partial charge in [-0.2, -0.15) is 4.57 Å². The molecule has 1 fully saturated rings. The van der Waals surface area contributed by atoms with Crippen molar-refractivity contribution in [2.75, 3.05) is 7.05 Å². The Morgan fingerprint density at radius 2 is 1.76 bits per heavy atom. The molecule has 46 heavy (non-hydrogen) atoms. The van der Waals surface area contributed by atoms with Gasteiger partial charge in [-0.25, -0.2) is 8.97 Å². The van der Waals surface area contributed by atoms with Crippen molar-refractivity contribution in [2.24, 2.45) is 5.92 Å². The van der Waals surface area contributed by atoms with Crippen molar-refractivity contribution in [3.8, 4) is 11.3 Å². The number of fused-ring (bicyclic) bond motifs is 3. The van der Waals surface area contributed by atoms with Crippen LogP contribution in [-0.2, 0) is 29.2 Å². The summed E-state index contributed by atoms with van der Waals surface area (Å²) < 4.78 is 21.3. The molecule has 3 heteroatoms. The van der Waals surface area contributed by atoms with Gasteiger partial charge in [-0.1, -0.05) is 77.4 Å². The van der Waals surface area contributed by atoms with Crippen LogP contribution < -0.4 is 4.57 Å². The number of rotatable bonds is 9. The molecular formula is C43H49FN2+2. The highest BCUT2D eigenvalue weighted by Crippen LogP contribution is 2.74. The number of aromatic nitrogens is 1. The molecule has 1 aromatic heterocycles. The molecule has 1 saturated carbocycles.